The third kappa shape index (κ3) is 4.06. The highest BCUT2D eigenvalue weighted by Gasteiger charge is 2.27. The Bertz CT molecular complexity index is 2410. The third-order valence-corrected chi connectivity index (χ3v) is 9.32. The molecule has 45 heavy (non-hydrogen) atoms. The van der Waals surface area contributed by atoms with Gasteiger partial charge in [-0.05, 0) is 83.3 Å². The van der Waals surface area contributed by atoms with Gasteiger partial charge in [-0.15, -0.1) is 0 Å². The lowest BCUT2D eigenvalue weighted by atomic mass is 9.84. The standard InChI is InChI=1S/C41H30N4/c1-27-21-31(30-15-16-38-35(23-30)37-25-42-20-18-39(37)44(38)32-12-6-3-7-13-32)24-36-34-17-19-43-26-40(34)45(41(27)36)33-14-8-11-29(22-33)28-9-4-2-5-10-28/h2-20,22-27H,21H2,1H3. The lowest BCUT2D eigenvalue weighted by molar-refractivity contribution is 0.733. The van der Waals surface area contributed by atoms with Crippen LogP contribution in [0.3, 0.4) is 0 Å². The van der Waals surface area contributed by atoms with Crippen molar-refractivity contribution in [3.8, 4) is 22.5 Å². The summed E-state index contributed by atoms with van der Waals surface area (Å²) in [6, 6.07) is 41.3. The van der Waals surface area contributed by atoms with Crippen LogP contribution in [-0.2, 0) is 0 Å². The van der Waals surface area contributed by atoms with Crippen molar-refractivity contribution < 1.29 is 0 Å². The Morgan fingerprint density at radius 3 is 2.16 bits per heavy atom. The molecule has 4 heterocycles. The number of benzene rings is 4. The molecule has 214 valence electrons. The Kier molecular flexibility index (Phi) is 5.82. The lowest BCUT2D eigenvalue weighted by Crippen LogP contribution is -2.09. The second-order valence-electron chi connectivity index (χ2n) is 12.0. The van der Waals surface area contributed by atoms with Crippen molar-refractivity contribution in [3.63, 3.8) is 0 Å². The minimum Gasteiger partial charge on any atom is -0.311 e. The maximum Gasteiger partial charge on any atom is 0.0721 e. The minimum absolute atomic E-state index is 0.316. The molecule has 1 aliphatic carbocycles. The molecule has 1 unspecified atom stereocenters. The zero-order chi connectivity index (χ0) is 29.9. The van der Waals surface area contributed by atoms with E-state index in [9.17, 15) is 0 Å². The van der Waals surface area contributed by atoms with Crippen LogP contribution in [0.4, 0.5) is 0 Å². The smallest absolute Gasteiger partial charge is 0.0721 e. The summed E-state index contributed by atoms with van der Waals surface area (Å²) in [5.74, 6) is 0.316. The highest BCUT2D eigenvalue weighted by molar-refractivity contribution is 6.10. The zero-order valence-electron chi connectivity index (χ0n) is 24.9. The van der Waals surface area contributed by atoms with Gasteiger partial charge in [0.15, 0.2) is 0 Å². The van der Waals surface area contributed by atoms with Crippen LogP contribution in [0.2, 0.25) is 0 Å². The van der Waals surface area contributed by atoms with E-state index in [-0.39, 0.29) is 0 Å². The third-order valence-electron chi connectivity index (χ3n) is 9.32. The van der Waals surface area contributed by atoms with Crippen LogP contribution >= 0.6 is 0 Å². The van der Waals surface area contributed by atoms with Crippen molar-refractivity contribution in [2.24, 2.45) is 0 Å². The van der Waals surface area contributed by atoms with Crippen molar-refractivity contribution in [1.29, 1.82) is 0 Å². The highest BCUT2D eigenvalue weighted by atomic mass is 15.0. The predicted molar refractivity (Wildman–Crippen MR) is 186 cm³/mol. The summed E-state index contributed by atoms with van der Waals surface area (Å²) in [5, 5.41) is 3.63. The number of rotatable bonds is 4. The van der Waals surface area contributed by atoms with E-state index >= 15 is 0 Å². The second-order valence-corrected chi connectivity index (χ2v) is 12.0. The summed E-state index contributed by atoms with van der Waals surface area (Å²) in [5.41, 5.74) is 13.5. The zero-order valence-corrected chi connectivity index (χ0v) is 24.9. The van der Waals surface area contributed by atoms with Gasteiger partial charge in [0, 0.05) is 63.3 Å². The molecule has 1 aliphatic rings. The fourth-order valence-electron chi connectivity index (χ4n) is 7.33. The maximum absolute atomic E-state index is 4.57. The van der Waals surface area contributed by atoms with Gasteiger partial charge in [0.2, 0.25) is 0 Å². The van der Waals surface area contributed by atoms with Crippen LogP contribution in [0.15, 0.2) is 140 Å². The molecule has 9 rings (SSSR count). The monoisotopic (exact) mass is 578 g/mol. The molecule has 8 aromatic rings. The van der Waals surface area contributed by atoms with Crippen LogP contribution < -0.4 is 0 Å². The van der Waals surface area contributed by atoms with Crippen molar-refractivity contribution >= 4 is 44.4 Å². The first-order valence-electron chi connectivity index (χ1n) is 15.5. The average molecular weight is 579 g/mol. The summed E-state index contributed by atoms with van der Waals surface area (Å²) < 4.78 is 4.78. The van der Waals surface area contributed by atoms with E-state index < -0.39 is 0 Å². The van der Waals surface area contributed by atoms with Crippen LogP contribution in [0.1, 0.15) is 36.1 Å². The number of pyridine rings is 2. The summed E-state index contributed by atoms with van der Waals surface area (Å²) >= 11 is 0. The SMILES string of the molecule is CC1CC(c2ccc3c(c2)c2cnccc2n3-c2ccccc2)=Cc2c1n(-c1cccc(-c3ccccc3)c1)c1cnccc21. The molecule has 0 radical (unpaired) electrons. The number of para-hydroxylation sites is 1. The molecule has 0 saturated carbocycles. The molecule has 0 amide bonds. The minimum atomic E-state index is 0.316. The number of hydrogen-bond donors (Lipinski definition) is 0. The van der Waals surface area contributed by atoms with Crippen LogP contribution in [0.25, 0.3) is 66.9 Å². The predicted octanol–water partition coefficient (Wildman–Crippen LogP) is 10.2. The van der Waals surface area contributed by atoms with Gasteiger partial charge in [-0.1, -0.05) is 73.7 Å². The van der Waals surface area contributed by atoms with Crippen molar-refractivity contribution in [1.82, 2.24) is 19.1 Å². The summed E-state index contributed by atoms with van der Waals surface area (Å²) in [6.07, 6.45) is 11.2. The molecule has 0 saturated heterocycles. The summed E-state index contributed by atoms with van der Waals surface area (Å²) in [7, 11) is 0. The number of nitrogens with zero attached hydrogens (tertiary/aromatic N) is 4. The van der Waals surface area contributed by atoms with Crippen LogP contribution in [0.5, 0.6) is 0 Å². The second kappa shape index (κ2) is 10.2. The van der Waals surface area contributed by atoms with Gasteiger partial charge in [-0.2, -0.15) is 0 Å². The number of hydrogen-bond acceptors (Lipinski definition) is 2. The molecule has 0 N–H and O–H groups in total. The van der Waals surface area contributed by atoms with Gasteiger partial charge in [-0.25, -0.2) is 0 Å². The quantitative estimate of drug-likeness (QED) is 0.208. The number of fused-ring (bicyclic) bond motifs is 6. The maximum atomic E-state index is 4.57. The van der Waals surface area contributed by atoms with Crippen molar-refractivity contribution in [2.45, 2.75) is 19.3 Å². The Balaban J connectivity index is 1.22. The highest BCUT2D eigenvalue weighted by Crippen LogP contribution is 2.45. The molecule has 4 nitrogen and oxygen atoms in total. The van der Waals surface area contributed by atoms with Gasteiger partial charge >= 0.3 is 0 Å². The molecular formula is C41H30N4. The van der Waals surface area contributed by atoms with Gasteiger partial charge in [0.25, 0.3) is 0 Å². The molecule has 4 heteroatoms. The largest absolute Gasteiger partial charge is 0.311 e. The Hall–Kier alpha value is -5.74. The number of aromatic nitrogens is 4. The molecule has 4 aromatic carbocycles. The van der Waals surface area contributed by atoms with E-state index in [2.05, 4.69) is 147 Å². The van der Waals surface area contributed by atoms with Crippen LogP contribution in [0, 0.1) is 0 Å². The molecule has 0 bridgehead atoms. The lowest BCUT2D eigenvalue weighted by Gasteiger charge is -2.24. The molecule has 0 spiro atoms. The first-order valence-corrected chi connectivity index (χ1v) is 15.5. The Labute approximate surface area is 261 Å². The fourth-order valence-corrected chi connectivity index (χ4v) is 7.33. The first kappa shape index (κ1) is 25.7. The fraction of sp³-hybridized carbons (Fsp3) is 0.0732. The molecule has 0 aliphatic heterocycles. The van der Waals surface area contributed by atoms with E-state index in [1.54, 1.807) is 0 Å². The van der Waals surface area contributed by atoms with Gasteiger partial charge < -0.3 is 9.13 Å². The van der Waals surface area contributed by atoms with E-state index in [0.717, 1.165) is 17.6 Å². The average Bonchev–Trinajstić information content (AvgIpc) is 3.62. The van der Waals surface area contributed by atoms with Crippen LogP contribution in [-0.4, -0.2) is 19.1 Å². The number of allylic oxidation sites excluding steroid dienone is 1. The Morgan fingerprint density at radius 1 is 0.556 bits per heavy atom. The van der Waals surface area contributed by atoms with Gasteiger partial charge in [0.1, 0.15) is 0 Å². The first-order chi connectivity index (χ1) is 22.2. The Morgan fingerprint density at radius 2 is 1.29 bits per heavy atom. The van der Waals surface area contributed by atoms with Crippen molar-refractivity contribution in [3.05, 3.63) is 157 Å². The van der Waals surface area contributed by atoms with Crippen molar-refractivity contribution in [2.75, 3.05) is 0 Å². The normalized spacial score (nSPS) is 14.6. The molecular weight excluding hydrogens is 548 g/mol. The topological polar surface area (TPSA) is 35.6 Å². The van der Waals surface area contributed by atoms with E-state index in [0.29, 0.717) is 5.92 Å². The molecule has 4 aromatic heterocycles. The summed E-state index contributed by atoms with van der Waals surface area (Å²) in [6.45, 7) is 2.36. The molecule has 1 atom stereocenters. The summed E-state index contributed by atoms with van der Waals surface area (Å²) in [4.78, 5) is 9.07. The van der Waals surface area contributed by atoms with Gasteiger partial charge in [-0.3, -0.25) is 9.97 Å². The van der Waals surface area contributed by atoms with E-state index in [4.69, 9.17) is 0 Å². The molecule has 0 fully saturated rings. The van der Waals surface area contributed by atoms with Gasteiger partial charge in [0.05, 0.1) is 22.7 Å². The van der Waals surface area contributed by atoms with E-state index in [1.807, 2.05) is 24.8 Å². The van der Waals surface area contributed by atoms with E-state index in [1.165, 1.54) is 66.4 Å².